The zero-order valence-electron chi connectivity index (χ0n) is 18.1. The van der Waals surface area contributed by atoms with Crippen LogP contribution in [-0.4, -0.2) is 45.1 Å². The summed E-state index contributed by atoms with van der Waals surface area (Å²) < 4.78 is 26.5. The largest absolute Gasteiger partial charge is 0.444 e. The topological polar surface area (TPSA) is 84.9 Å². The summed E-state index contributed by atoms with van der Waals surface area (Å²) in [5.41, 5.74) is -0.135. The summed E-state index contributed by atoms with van der Waals surface area (Å²) in [7, 11) is -1.23. The first-order valence-electron chi connectivity index (χ1n) is 9.87. The highest BCUT2D eigenvalue weighted by molar-refractivity contribution is 7.83. The predicted molar refractivity (Wildman–Crippen MR) is 113 cm³/mol. The number of rotatable bonds is 5. The molecule has 1 N–H and O–H groups in total. The molecular weight excluding hydrogens is 392 g/mol. The summed E-state index contributed by atoms with van der Waals surface area (Å²) in [4.78, 5) is 25.3. The molecule has 0 spiro atoms. The van der Waals surface area contributed by atoms with Gasteiger partial charge in [-0.1, -0.05) is 12.1 Å². The highest BCUT2D eigenvalue weighted by Gasteiger charge is 2.40. The Labute approximate surface area is 175 Å². The molecule has 0 aliphatic carbocycles. The number of hydrogen-bond donors (Lipinski definition) is 1. The molecule has 1 unspecified atom stereocenters. The van der Waals surface area contributed by atoms with Crippen LogP contribution in [0.1, 0.15) is 59.9 Å². The third kappa shape index (κ3) is 6.54. The second kappa shape index (κ2) is 9.26. The van der Waals surface area contributed by atoms with Gasteiger partial charge in [0.1, 0.15) is 11.4 Å². The summed E-state index contributed by atoms with van der Waals surface area (Å²) in [5.74, 6) is 0.0877. The molecule has 2 rings (SSSR count). The van der Waals surface area contributed by atoms with E-state index in [4.69, 9.17) is 9.47 Å². The number of benzene rings is 1. The molecule has 1 aliphatic rings. The molecule has 1 heterocycles. The van der Waals surface area contributed by atoms with Crippen LogP contribution < -0.4 is 9.46 Å². The second-order valence-electron chi connectivity index (χ2n) is 8.62. The molecule has 0 aromatic heterocycles. The number of esters is 1. The van der Waals surface area contributed by atoms with Gasteiger partial charge < -0.3 is 14.4 Å². The van der Waals surface area contributed by atoms with E-state index in [2.05, 4.69) is 4.72 Å². The van der Waals surface area contributed by atoms with Gasteiger partial charge in [-0.05, 0) is 65.2 Å². The van der Waals surface area contributed by atoms with E-state index in [9.17, 15) is 13.8 Å². The van der Waals surface area contributed by atoms with Crippen LogP contribution in [0.15, 0.2) is 24.3 Å². The third-order valence-corrected chi connectivity index (χ3v) is 6.11. The number of ether oxygens (including phenoxy) is 2. The lowest BCUT2D eigenvalue weighted by Gasteiger charge is -2.43. The van der Waals surface area contributed by atoms with E-state index in [-0.39, 0.29) is 17.3 Å². The van der Waals surface area contributed by atoms with Crippen LogP contribution >= 0.6 is 0 Å². The summed E-state index contributed by atoms with van der Waals surface area (Å²) in [5, 5.41) is -0.0453. The van der Waals surface area contributed by atoms with Gasteiger partial charge in [0.05, 0.1) is 16.5 Å². The van der Waals surface area contributed by atoms with E-state index in [1.807, 2.05) is 46.8 Å². The summed E-state index contributed by atoms with van der Waals surface area (Å²) in [6.07, 6.45) is 0.858. The van der Waals surface area contributed by atoms with Crippen molar-refractivity contribution in [1.29, 1.82) is 0 Å². The van der Waals surface area contributed by atoms with Crippen molar-refractivity contribution in [3.8, 4) is 5.75 Å². The Morgan fingerprint density at radius 2 is 1.69 bits per heavy atom. The molecule has 162 valence electrons. The van der Waals surface area contributed by atoms with E-state index in [1.54, 1.807) is 17.0 Å². The number of carbonyl (C=O) groups is 2. The average Bonchev–Trinajstić information content (AvgIpc) is 2.60. The van der Waals surface area contributed by atoms with Gasteiger partial charge in [-0.25, -0.2) is 13.7 Å². The molecule has 8 heteroatoms. The molecule has 1 aromatic rings. The fourth-order valence-corrected chi connectivity index (χ4v) is 4.11. The van der Waals surface area contributed by atoms with Crippen LogP contribution in [0.2, 0.25) is 0 Å². The van der Waals surface area contributed by atoms with Crippen LogP contribution in [0.3, 0.4) is 0 Å². The smallest absolute Gasteiger partial charge is 0.410 e. The number of carbonyl (C=O) groups excluding carboxylic acids is 2. The average molecular weight is 425 g/mol. The number of piperidine rings is 1. The Kier molecular flexibility index (Phi) is 7.45. The Morgan fingerprint density at radius 1 is 1.14 bits per heavy atom. The van der Waals surface area contributed by atoms with Gasteiger partial charge >= 0.3 is 12.1 Å². The zero-order valence-corrected chi connectivity index (χ0v) is 18.9. The van der Waals surface area contributed by atoms with E-state index < -0.39 is 22.1 Å². The normalized spacial score (nSPS) is 17.7. The Hall–Kier alpha value is -1.93. The number of nitrogens with one attached hydrogen (secondary N) is 1. The fraction of sp³-hybridized carbons (Fsp3) is 0.619. The van der Waals surface area contributed by atoms with Crippen molar-refractivity contribution >= 4 is 23.0 Å². The molecule has 1 aliphatic heterocycles. The van der Waals surface area contributed by atoms with Crippen LogP contribution in [-0.2, 0) is 26.1 Å². The monoisotopic (exact) mass is 424 g/mol. The number of nitrogens with zero attached hydrogens (tertiary/aromatic N) is 1. The van der Waals surface area contributed by atoms with Gasteiger partial charge in [0.25, 0.3) is 0 Å². The highest BCUT2D eigenvalue weighted by Crippen LogP contribution is 2.35. The predicted octanol–water partition coefficient (Wildman–Crippen LogP) is 3.50. The maximum Gasteiger partial charge on any atom is 0.410 e. The summed E-state index contributed by atoms with van der Waals surface area (Å²) >= 11 is 0. The molecule has 1 aromatic carbocycles. The van der Waals surface area contributed by atoms with Gasteiger partial charge in [-0.15, -0.1) is 0 Å². The van der Waals surface area contributed by atoms with Gasteiger partial charge in [-0.2, -0.15) is 0 Å². The molecule has 7 nitrogen and oxygen atoms in total. The van der Waals surface area contributed by atoms with Gasteiger partial charge in [0.2, 0.25) is 0 Å². The summed E-state index contributed by atoms with van der Waals surface area (Å²) in [6.45, 7) is 11.7. The molecule has 1 fully saturated rings. The quantitative estimate of drug-likeness (QED) is 0.578. The van der Waals surface area contributed by atoms with Crippen molar-refractivity contribution in [1.82, 2.24) is 9.62 Å². The minimum Gasteiger partial charge on any atom is -0.444 e. The van der Waals surface area contributed by atoms with Gasteiger partial charge in [0.15, 0.2) is 0 Å². The maximum atomic E-state index is 12.6. The standard InChI is InChI=1S/C21H32N2O5S/c1-15(2)29(26)22-21(17-7-9-18(10-8-17)27-16(3)24)11-13-23(14-12-21)19(25)28-20(4,5)6/h7-10,15,22H,11-14H2,1-6H3. The zero-order chi connectivity index (χ0) is 21.8. The number of amides is 1. The van der Waals surface area contributed by atoms with E-state index in [0.29, 0.717) is 31.7 Å². The lowest BCUT2D eigenvalue weighted by Crippen LogP contribution is -2.54. The van der Waals surface area contributed by atoms with Crippen LogP contribution in [0.25, 0.3) is 0 Å². The van der Waals surface area contributed by atoms with Crippen LogP contribution in [0, 0.1) is 0 Å². The fourth-order valence-electron chi connectivity index (χ4n) is 3.17. The molecule has 29 heavy (non-hydrogen) atoms. The minimum atomic E-state index is -1.23. The lowest BCUT2D eigenvalue weighted by atomic mass is 9.82. The molecule has 0 bridgehead atoms. The first kappa shape index (κ1) is 23.3. The molecule has 1 saturated heterocycles. The van der Waals surface area contributed by atoms with Crippen molar-refractivity contribution in [3.05, 3.63) is 29.8 Å². The van der Waals surface area contributed by atoms with Gasteiger partial charge in [0, 0.05) is 25.3 Å². The number of likely N-dealkylation sites (tertiary alicyclic amines) is 1. The third-order valence-electron chi connectivity index (χ3n) is 4.66. The van der Waals surface area contributed by atoms with Gasteiger partial charge in [-0.3, -0.25) is 4.79 Å². The van der Waals surface area contributed by atoms with Crippen molar-refractivity contribution in [2.75, 3.05) is 13.1 Å². The van der Waals surface area contributed by atoms with Crippen molar-refractivity contribution < 1.29 is 23.3 Å². The first-order valence-corrected chi connectivity index (χ1v) is 11.1. The van der Waals surface area contributed by atoms with E-state index >= 15 is 0 Å². The van der Waals surface area contributed by atoms with Crippen molar-refractivity contribution in [2.45, 2.75) is 70.8 Å². The highest BCUT2D eigenvalue weighted by atomic mass is 32.2. The SMILES string of the molecule is CC(=O)Oc1ccc(C2(NS(=O)C(C)C)CCN(C(=O)OC(C)(C)C)CC2)cc1. The van der Waals surface area contributed by atoms with Crippen molar-refractivity contribution in [3.63, 3.8) is 0 Å². The molecule has 0 saturated carbocycles. The lowest BCUT2D eigenvalue weighted by molar-refractivity contribution is -0.131. The summed E-state index contributed by atoms with van der Waals surface area (Å²) in [6, 6.07) is 7.23. The van der Waals surface area contributed by atoms with Crippen LogP contribution in [0.5, 0.6) is 5.75 Å². The van der Waals surface area contributed by atoms with Crippen molar-refractivity contribution in [2.24, 2.45) is 0 Å². The Morgan fingerprint density at radius 3 is 2.14 bits per heavy atom. The van der Waals surface area contributed by atoms with Crippen LogP contribution in [0.4, 0.5) is 4.79 Å². The molecule has 0 radical (unpaired) electrons. The Balaban J connectivity index is 2.21. The van der Waals surface area contributed by atoms with E-state index in [0.717, 1.165) is 5.56 Å². The van der Waals surface area contributed by atoms with E-state index in [1.165, 1.54) is 6.92 Å². The molecule has 1 atom stereocenters. The molecular formula is C21H32N2O5S. The molecule has 1 amide bonds. The first-order chi connectivity index (χ1) is 13.4. The maximum absolute atomic E-state index is 12.6. The number of hydrogen-bond acceptors (Lipinski definition) is 5. The second-order valence-corrected chi connectivity index (χ2v) is 10.4. The minimum absolute atomic E-state index is 0.0453. The Bertz CT molecular complexity index is 747.